The quantitative estimate of drug-likeness (QED) is 0.843. The van der Waals surface area contributed by atoms with Crippen molar-refractivity contribution in [1.82, 2.24) is 5.32 Å². The zero-order chi connectivity index (χ0) is 15.1. The first-order chi connectivity index (χ1) is 10.2. The molecule has 0 amide bonds. The molecule has 1 aromatic carbocycles. The molecule has 1 unspecified atom stereocenters. The Hall–Kier alpha value is -1.50. The molecule has 0 spiro atoms. The Morgan fingerprint density at radius 2 is 2.24 bits per heavy atom. The maximum absolute atomic E-state index is 5.82. The van der Waals surface area contributed by atoms with Crippen molar-refractivity contribution >= 4 is 0 Å². The minimum atomic E-state index is 0.185. The van der Waals surface area contributed by atoms with Crippen LogP contribution in [0.1, 0.15) is 43.7 Å². The number of hydrogen-bond donors (Lipinski definition) is 1. The average Bonchev–Trinajstić information content (AvgIpc) is 2.95. The van der Waals surface area contributed by atoms with Crippen LogP contribution in [0.4, 0.5) is 0 Å². The lowest BCUT2D eigenvalue weighted by Gasteiger charge is -2.13. The Bertz CT molecular complexity index is 508. The van der Waals surface area contributed by atoms with Crippen LogP contribution < -0.4 is 10.1 Å². The number of benzene rings is 1. The number of hydrogen-bond acceptors (Lipinski definition) is 3. The second-order valence-corrected chi connectivity index (χ2v) is 5.72. The predicted molar refractivity (Wildman–Crippen MR) is 85.5 cm³/mol. The molecular formula is C18H25NO2. The highest BCUT2D eigenvalue weighted by atomic mass is 16.5. The number of rotatable bonds is 5. The van der Waals surface area contributed by atoms with Crippen LogP contribution >= 0.6 is 0 Å². The van der Waals surface area contributed by atoms with Crippen molar-refractivity contribution in [2.24, 2.45) is 0 Å². The predicted octanol–water partition coefficient (Wildman–Crippen LogP) is 3.23. The van der Waals surface area contributed by atoms with Crippen molar-refractivity contribution in [3.8, 4) is 17.6 Å². The summed E-state index contributed by atoms with van der Waals surface area (Å²) in [6.07, 6.45) is 2.41. The Kier molecular flexibility index (Phi) is 6.10. The molecule has 1 aliphatic rings. The van der Waals surface area contributed by atoms with E-state index < -0.39 is 0 Å². The lowest BCUT2D eigenvalue weighted by Crippen LogP contribution is -2.28. The molecule has 114 valence electrons. The van der Waals surface area contributed by atoms with Gasteiger partial charge < -0.3 is 9.47 Å². The SMILES string of the molecule is Cc1ccc(C(C)C)c(OCC#CCNC2CCCO2)c1. The van der Waals surface area contributed by atoms with Gasteiger partial charge in [-0.15, -0.1) is 0 Å². The summed E-state index contributed by atoms with van der Waals surface area (Å²) in [6, 6.07) is 6.35. The first kappa shape index (κ1) is 15.9. The van der Waals surface area contributed by atoms with Gasteiger partial charge in [0.2, 0.25) is 0 Å². The third-order valence-electron chi connectivity index (χ3n) is 3.56. The van der Waals surface area contributed by atoms with Gasteiger partial charge in [0.25, 0.3) is 0 Å². The lowest BCUT2D eigenvalue weighted by atomic mass is 10.0. The maximum atomic E-state index is 5.82. The molecule has 3 heteroatoms. The normalized spacial score (nSPS) is 17.6. The Morgan fingerprint density at radius 1 is 1.38 bits per heavy atom. The molecule has 1 aliphatic heterocycles. The summed E-state index contributed by atoms with van der Waals surface area (Å²) >= 11 is 0. The first-order valence-corrected chi connectivity index (χ1v) is 7.71. The summed E-state index contributed by atoms with van der Waals surface area (Å²) in [7, 11) is 0. The molecule has 1 aromatic rings. The molecule has 1 heterocycles. The van der Waals surface area contributed by atoms with Gasteiger partial charge in [-0.1, -0.05) is 37.8 Å². The molecule has 0 aliphatic carbocycles. The zero-order valence-corrected chi connectivity index (χ0v) is 13.2. The van der Waals surface area contributed by atoms with E-state index in [1.54, 1.807) is 0 Å². The standard InChI is InChI=1S/C18H25NO2/c1-14(2)16-9-8-15(3)13-17(16)20-11-5-4-10-19-18-7-6-12-21-18/h8-9,13-14,18-19H,6-7,10-12H2,1-3H3. The number of nitrogens with one attached hydrogen (secondary N) is 1. The first-order valence-electron chi connectivity index (χ1n) is 7.71. The van der Waals surface area contributed by atoms with E-state index in [9.17, 15) is 0 Å². The molecule has 1 saturated heterocycles. The highest BCUT2D eigenvalue weighted by molar-refractivity contribution is 5.39. The minimum Gasteiger partial charge on any atom is -0.481 e. The summed E-state index contributed by atoms with van der Waals surface area (Å²) in [4.78, 5) is 0. The lowest BCUT2D eigenvalue weighted by molar-refractivity contribution is 0.0878. The monoisotopic (exact) mass is 287 g/mol. The van der Waals surface area contributed by atoms with Crippen LogP contribution in [0.25, 0.3) is 0 Å². The molecule has 2 rings (SSSR count). The topological polar surface area (TPSA) is 30.5 Å². The van der Waals surface area contributed by atoms with E-state index in [0.29, 0.717) is 19.1 Å². The van der Waals surface area contributed by atoms with Gasteiger partial charge in [0.1, 0.15) is 18.6 Å². The highest BCUT2D eigenvalue weighted by Crippen LogP contribution is 2.27. The van der Waals surface area contributed by atoms with E-state index in [1.807, 2.05) is 0 Å². The molecule has 1 atom stereocenters. The van der Waals surface area contributed by atoms with E-state index in [0.717, 1.165) is 25.2 Å². The van der Waals surface area contributed by atoms with Crippen LogP contribution in [-0.4, -0.2) is 26.0 Å². The second-order valence-electron chi connectivity index (χ2n) is 5.72. The molecule has 0 saturated carbocycles. The van der Waals surface area contributed by atoms with Gasteiger partial charge in [-0.05, 0) is 42.9 Å². The molecule has 0 bridgehead atoms. The van der Waals surface area contributed by atoms with Crippen molar-refractivity contribution in [3.05, 3.63) is 29.3 Å². The molecule has 3 nitrogen and oxygen atoms in total. The van der Waals surface area contributed by atoms with Crippen LogP contribution in [0.5, 0.6) is 5.75 Å². The smallest absolute Gasteiger partial charge is 0.149 e. The fourth-order valence-electron chi connectivity index (χ4n) is 2.37. The largest absolute Gasteiger partial charge is 0.481 e. The molecule has 1 fully saturated rings. The summed E-state index contributed by atoms with van der Waals surface area (Å²) in [6.45, 7) is 8.37. The fourth-order valence-corrected chi connectivity index (χ4v) is 2.37. The van der Waals surface area contributed by atoms with Gasteiger partial charge in [-0.2, -0.15) is 0 Å². The van der Waals surface area contributed by atoms with E-state index in [-0.39, 0.29) is 6.23 Å². The fraction of sp³-hybridized carbons (Fsp3) is 0.556. The van der Waals surface area contributed by atoms with Crippen LogP contribution in [0, 0.1) is 18.8 Å². The van der Waals surface area contributed by atoms with Gasteiger partial charge in [0, 0.05) is 6.61 Å². The van der Waals surface area contributed by atoms with E-state index in [4.69, 9.17) is 9.47 Å². The Labute approximate surface area is 128 Å². The van der Waals surface area contributed by atoms with E-state index >= 15 is 0 Å². The summed E-state index contributed by atoms with van der Waals surface area (Å²) in [5.74, 6) is 7.54. The molecule has 21 heavy (non-hydrogen) atoms. The molecule has 0 aromatic heterocycles. The van der Waals surface area contributed by atoms with Crippen molar-refractivity contribution < 1.29 is 9.47 Å². The van der Waals surface area contributed by atoms with Crippen molar-refractivity contribution in [2.75, 3.05) is 19.8 Å². The summed E-state index contributed by atoms with van der Waals surface area (Å²) in [5.41, 5.74) is 2.45. The van der Waals surface area contributed by atoms with E-state index in [1.165, 1.54) is 11.1 Å². The third-order valence-corrected chi connectivity index (χ3v) is 3.56. The number of ether oxygens (including phenoxy) is 2. The molecule has 0 radical (unpaired) electrons. The zero-order valence-electron chi connectivity index (χ0n) is 13.2. The van der Waals surface area contributed by atoms with Crippen molar-refractivity contribution in [2.45, 2.75) is 45.8 Å². The average molecular weight is 287 g/mol. The minimum absolute atomic E-state index is 0.185. The van der Waals surface area contributed by atoms with Crippen molar-refractivity contribution in [3.63, 3.8) is 0 Å². The maximum Gasteiger partial charge on any atom is 0.149 e. The molecular weight excluding hydrogens is 262 g/mol. The van der Waals surface area contributed by atoms with Gasteiger partial charge in [-0.3, -0.25) is 5.32 Å². The summed E-state index contributed by atoms with van der Waals surface area (Å²) in [5, 5.41) is 3.27. The summed E-state index contributed by atoms with van der Waals surface area (Å²) < 4.78 is 11.3. The Balaban J connectivity index is 1.79. The van der Waals surface area contributed by atoms with E-state index in [2.05, 4.69) is 56.1 Å². The van der Waals surface area contributed by atoms with Gasteiger partial charge >= 0.3 is 0 Å². The van der Waals surface area contributed by atoms with Crippen molar-refractivity contribution in [1.29, 1.82) is 0 Å². The van der Waals surface area contributed by atoms with Crippen LogP contribution in [0.3, 0.4) is 0 Å². The van der Waals surface area contributed by atoms with Gasteiger partial charge in [-0.25, -0.2) is 0 Å². The van der Waals surface area contributed by atoms with Gasteiger partial charge in [0.05, 0.1) is 6.54 Å². The van der Waals surface area contributed by atoms with Crippen LogP contribution in [0.2, 0.25) is 0 Å². The number of aryl methyl sites for hydroxylation is 1. The highest BCUT2D eigenvalue weighted by Gasteiger charge is 2.13. The Morgan fingerprint density at radius 3 is 2.95 bits per heavy atom. The molecule has 1 N–H and O–H groups in total. The second kappa shape index (κ2) is 8.07. The van der Waals surface area contributed by atoms with Gasteiger partial charge in [0.15, 0.2) is 0 Å². The van der Waals surface area contributed by atoms with Crippen LogP contribution in [0.15, 0.2) is 18.2 Å². The third kappa shape index (κ3) is 5.08. The van der Waals surface area contributed by atoms with Crippen LogP contribution in [-0.2, 0) is 4.74 Å².